The molecule has 134 valence electrons. The number of carbonyl (C=O) groups excluding carboxylic acids is 2. The van der Waals surface area contributed by atoms with Gasteiger partial charge in [0.1, 0.15) is 5.75 Å². The van der Waals surface area contributed by atoms with Crippen LogP contribution in [0.1, 0.15) is 57.5 Å². The van der Waals surface area contributed by atoms with Crippen molar-refractivity contribution in [1.82, 2.24) is 10.2 Å². The van der Waals surface area contributed by atoms with Gasteiger partial charge in [-0.2, -0.15) is 0 Å². The Balaban J connectivity index is 2.92. The Kier molecular flexibility index (Phi) is 7.42. The Morgan fingerprint density at radius 2 is 1.88 bits per heavy atom. The minimum atomic E-state index is -0.248. The average Bonchev–Trinajstić information content (AvgIpc) is 2.46. The Bertz CT molecular complexity index is 576. The van der Waals surface area contributed by atoms with Gasteiger partial charge in [-0.3, -0.25) is 14.5 Å². The summed E-state index contributed by atoms with van der Waals surface area (Å²) in [6.45, 7) is 13.5. The fourth-order valence-electron chi connectivity index (χ4n) is 2.40. The van der Waals surface area contributed by atoms with Crippen LogP contribution < -0.4 is 10.1 Å². The van der Waals surface area contributed by atoms with E-state index in [-0.39, 0.29) is 17.2 Å². The van der Waals surface area contributed by atoms with Gasteiger partial charge < -0.3 is 10.1 Å². The predicted octanol–water partition coefficient (Wildman–Crippen LogP) is 3.02. The number of benzene rings is 1. The fraction of sp³-hybridized carbons (Fsp3) is 0.579. The van der Waals surface area contributed by atoms with Crippen LogP contribution >= 0.6 is 0 Å². The topological polar surface area (TPSA) is 58.6 Å². The molecule has 0 bridgehead atoms. The number of nitrogens with one attached hydrogen (secondary N) is 1. The summed E-state index contributed by atoms with van der Waals surface area (Å²) in [5.41, 5.74) is 1.33. The maximum atomic E-state index is 12.2. The standard InChI is InChI=1S/C19H30N2O3/c1-7-21(13-18(23)20-19(4,5)6)12-16-11-15(14(3)22)9-10-17(16)24-8-2/h9-11H,7-8,12-13H2,1-6H3,(H,20,23). The van der Waals surface area contributed by atoms with E-state index < -0.39 is 0 Å². The van der Waals surface area contributed by atoms with E-state index in [9.17, 15) is 9.59 Å². The first-order valence-electron chi connectivity index (χ1n) is 8.46. The number of nitrogens with zero attached hydrogens (tertiary/aromatic N) is 1. The normalized spacial score (nSPS) is 11.5. The van der Waals surface area contributed by atoms with Crippen LogP contribution in [0.25, 0.3) is 0 Å². The lowest BCUT2D eigenvalue weighted by atomic mass is 10.1. The second-order valence-electron chi connectivity index (χ2n) is 6.91. The molecule has 0 aliphatic carbocycles. The molecule has 5 heteroatoms. The second-order valence-corrected chi connectivity index (χ2v) is 6.91. The Morgan fingerprint density at radius 3 is 2.38 bits per heavy atom. The number of amides is 1. The van der Waals surface area contributed by atoms with Crippen LogP contribution in [0.15, 0.2) is 18.2 Å². The highest BCUT2D eigenvalue weighted by Crippen LogP contribution is 2.22. The van der Waals surface area contributed by atoms with Gasteiger partial charge in [-0.1, -0.05) is 6.92 Å². The quantitative estimate of drug-likeness (QED) is 0.743. The van der Waals surface area contributed by atoms with Gasteiger partial charge in [0.15, 0.2) is 5.78 Å². The van der Waals surface area contributed by atoms with Crippen molar-refractivity contribution in [1.29, 1.82) is 0 Å². The number of likely N-dealkylation sites (N-methyl/N-ethyl adjacent to an activating group) is 1. The van der Waals surface area contributed by atoms with Crippen molar-refractivity contribution in [3.05, 3.63) is 29.3 Å². The minimum absolute atomic E-state index is 0.00923. The lowest BCUT2D eigenvalue weighted by molar-refractivity contribution is -0.123. The number of ether oxygens (including phenoxy) is 1. The molecule has 0 aliphatic heterocycles. The molecule has 0 aliphatic rings. The lowest BCUT2D eigenvalue weighted by Gasteiger charge is -2.25. The maximum Gasteiger partial charge on any atom is 0.234 e. The number of carbonyl (C=O) groups is 2. The first-order valence-corrected chi connectivity index (χ1v) is 8.46. The monoisotopic (exact) mass is 334 g/mol. The van der Waals surface area contributed by atoms with Crippen LogP contribution in [0.3, 0.4) is 0 Å². The predicted molar refractivity (Wildman–Crippen MR) is 96.5 cm³/mol. The molecular weight excluding hydrogens is 304 g/mol. The van der Waals surface area contributed by atoms with Crippen molar-refractivity contribution in [3.8, 4) is 5.75 Å². The number of ketones is 1. The van der Waals surface area contributed by atoms with E-state index in [1.807, 2.05) is 51.7 Å². The van der Waals surface area contributed by atoms with Crippen LogP contribution in [0.4, 0.5) is 0 Å². The molecule has 1 amide bonds. The van der Waals surface area contributed by atoms with Crippen molar-refractivity contribution in [2.24, 2.45) is 0 Å². The smallest absolute Gasteiger partial charge is 0.234 e. The van der Waals surface area contributed by atoms with Crippen molar-refractivity contribution in [3.63, 3.8) is 0 Å². The zero-order valence-electron chi connectivity index (χ0n) is 15.7. The van der Waals surface area contributed by atoms with Crippen molar-refractivity contribution in [2.45, 2.75) is 53.6 Å². The van der Waals surface area contributed by atoms with Gasteiger partial charge in [0, 0.05) is 23.2 Å². The molecule has 0 unspecified atom stereocenters. The van der Waals surface area contributed by atoms with E-state index in [2.05, 4.69) is 5.32 Å². The third-order valence-electron chi connectivity index (χ3n) is 3.49. The molecule has 0 aromatic heterocycles. The van der Waals surface area contributed by atoms with E-state index in [1.165, 1.54) is 0 Å². The van der Waals surface area contributed by atoms with Gasteiger partial charge >= 0.3 is 0 Å². The fourth-order valence-corrected chi connectivity index (χ4v) is 2.40. The summed E-state index contributed by atoms with van der Waals surface area (Å²) in [4.78, 5) is 25.8. The van der Waals surface area contributed by atoms with Gasteiger partial charge in [0.05, 0.1) is 13.2 Å². The summed E-state index contributed by atoms with van der Waals surface area (Å²) in [5.74, 6) is 0.773. The summed E-state index contributed by atoms with van der Waals surface area (Å²) in [6, 6.07) is 5.47. The number of hydrogen-bond acceptors (Lipinski definition) is 4. The van der Waals surface area contributed by atoms with Crippen molar-refractivity contribution >= 4 is 11.7 Å². The molecule has 0 spiro atoms. The van der Waals surface area contributed by atoms with Crippen molar-refractivity contribution in [2.75, 3.05) is 19.7 Å². The van der Waals surface area contributed by atoms with E-state index >= 15 is 0 Å². The summed E-state index contributed by atoms with van der Waals surface area (Å²) >= 11 is 0. The molecule has 1 aromatic carbocycles. The second kappa shape index (κ2) is 8.83. The SMILES string of the molecule is CCOc1ccc(C(C)=O)cc1CN(CC)CC(=O)NC(C)(C)C. The molecule has 0 fully saturated rings. The molecule has 5 nitrogen and oxygen atoms in total. The molecule has 0 heterocycles. The van der Waals surface area contributed by atoms with E-state index in [4.69, 9.17) is 4.74 Å². The lowest BCUT2D eigenvalue weighted by Crippen LogP contribution is -2.45. The van der Waals surface area contributed by atoms with E-state index in [1.54, 1.807) is 13.0 Å². The third kappa shape index (κ3) is 6.71. The van der Waals surface area contributed by atoms with Gasteiger partial charge in [-0.25, -0.2) is 0 Å². The van der Waals surface area contributed by atoms with Crippen LogP contribution in [0, 0.1) is 0 Å². The van der Waals surface area contributed by atoms with Gasteiger partial charge in [-0.05, 0) is 59.4 Å². The molecule has 0 saturated heterocycles. The average molecular weight is 334 g/mol. The summed E-state index contributed by atoms with van der Waals surface area (Å²) in [6.07, 6.45) is 0. The van der Waals surface area contributed by atoms with Crippen LogP contribution in [0.2, 0.25) is 0 Å². The van der Waals surface area contributed by atoms with Gasteiger partial charge in [0.2, 0.25) is 5.91 Å². The first-order chi connectivity index (χ1) is 11.2. The van der Waals surface area contributed by atoms with Gasteiger partial charge in [-0.15, -0.1) is 0 Å². The zero-order valence-corrected chi connectivity index (χ0v) is 15.7. The highest BCUT2D eigenvalue weighted by Gasteiger charge is 2.18. The Hall–Kier alpha value is -1.88. The number of hydrogen-bond donors (Lipinski definition) is 1. The van der Waals surface area contributed by atoms with E-state index in [0.717, 1.165) is 17.9 Å². The van der Waals surface area contributed by atoms with Crippen LogP contribution in [0.5, 0.6) is 5.75 Å². The molecule has 1 rings (SSSR count). The Labute approximate surface area is 145 Å². The molecule has 0 radical (unpaired) electrons. The molecule has 24 heavy (non-hydrogen) atoms. The molecule has 1 N–H and O–H groups in total. The molecule has 0 saturated carbocycles. The molecule has 0 atom stereocenters. The third-order valence-corrected chi connectivity index (χ3v) is 3.49. The van der Waals surface area contributed by atoms with Gasteiger partial charge in [0.25, 0.3) is 0 Å². The van der Waals surface area contributed by atoms with Crippen LogP contribution in [-0.4, -0.2) is 41.8 Å². The first kappa shape index (κ1) is 20.2. The molecule has 1 aromatic rings. The zero-order chi connectivity index (χ0) is 18.3. The minimum Gasteiger partial charge on any atom is -0.494 e. The Morgan fingerprint density at radius 1 is 1.21 bits per heavy atom. The summed E-state index contributed by atoms with van der Waals surface area (Å²) in [5, 5.41) is 2.97. The summed E-state index contributed by atoms with van der Waals surface area (Å²) < 4.78 is 5.66. The largest absolute Gasteiger partial charge is 0.494 e. The number of rotatable bonds is 8. The summed E-state index contributed by atoms with van der Waals surface area (Å²) in [7, 11) is 0. The highest BCUT2D eigenvalue weighted by atomic mass is 16.5. The molecular formula is C19H30N2O3. The maximum absolute atomic E-state index is 12.2. The van der Waals surface area contributed by atoms with E-state index in [0.29, 0.717) is 25.3 Å². The van der Waals surface area contributed by atoms with Crippen LogP contribution in [-0.2, 0) is 11.3 Å². The van der Waals surface area contributed by atoms with Crippen molar-refractivity contribution < 1.29 is 14.3 Å². The highest BCUT2D eigenvalue weighted by molar-refractivity contribution is 5.94. The number of Topliss-reactive ketones (excluding diaryl/α,β-unsaturated/α-hetero) is 1.